The van der Waals surface area contributed by atoms with Gasteiger partial charge in [0.05, 0.1) is 27.3 Å². The van der Waals surface area contributed by atoms with Crippen LogP contribution in [-0.4, -0.2) is 48.5 Å². The van der Waals surface area contributed by atoms with Crippen LogP contribution in [0.1, 0.15) is 31.1 Å². The van der Waals surface area contributed by atoms with Gasteiger partial charge in [0, 0.05) is 25.2 Å². The van der Waals surface area contributed by atoms with Crippen LogP contribution >= 0.6 is 11.3 Å². The van der Waals surface area contributed by atoms with Gasteiger partial charge < -0.3 is 9.30 Å². The van der Waals surface area contributed by atoms with Gasteiger partial charge in [0.1, 0.15) is 5.82 Å². The standard InChI is InChI=1S/C22H24FN3O4S2/c1-4-26-19-10-7-17(23)11-20(19)31-22(26)24-21(27)16-5-8-18(9-6-16)32(28,29)25-12-14(2)30-15(3)13-25/h5-11,14-15H,4,12-13H2,1-3H3/t14-,15-/m0/s1. The fourth-order valence-electron chi connectivity index (χ4n) is 3.83. The summed E-state index contributed by atoms with van der Waals surface area (Å²) in [7, 11) is -3.69. The zero-order chi connectivity index (χ0) is 23.0. The number of rotatable bonds is 4. The molecule has 1 aliphatic rings. The Morgan fingerprint density at radius 2 is 1.81 bits per heavy atom. The molecule has 32 heavy (non-hydrogen) atoms. The average Bonchev–Trinajstić information content (AvgIpc) is 3.08. The number of morpholine rings is 1. The third-order valence-corrected chi connectivity index (χ3v) is 8.17. The van der Waals surface area contributed by atoms with Gasteiger partial charge in [-0.2, -0.15) is 9.30 Å². The first kappa shape index (κ1) is 22.8. The minimum Gasteiger partial charge on any atom is -0.373 e. The number of nitrogens with zero attached hydrogens (tertiary/aromatic N) is 3. The normalized spacial score (nSPS) is 20.7. The van der Waals surface area contributed by atoms with Gasteiger partial charge in [-0.1, -0.05) is 11.3 Å². The Bertz CT molecular complexity index is 1320. The smallest absolute Gasteiger partial charge is 0.279 e. The number of hydrogen-bond donors (Lipinski definition) is 0. The van der Waals surface area contributed by atoms with Crippen molar-refractivity contribution < 1.29 is 22.3 Å². The van der Waals surface area contributed by atoms with Crippen molar-refractivity contribution in [3.63, 3.8) is 0 Å². The van der Waals surface area contributed by atoms with Gasteiger partial charge in [-0.3, -0.25) is 4.79 Å². The van der Waals surface area contributed by atoms with Crippen molar-refractivity contribution in [2.45, 2.75) is 44.4 Å². The number of carbonyl (C=O) groups is 1. The molecule has 1 saturated heterocycles. The lowest BCUT2D eigenvalue weighted by Crippen LogP contribution is -2.48. The molecule has 0 unspecified atom stereocenters. The van der Waals surface area contributed by atoms with Crippen molar-refractivity contribution in [3.8, 4) is 0 Å². The number of sulfonamides is 1. The number of halogens is 1. The van der Waals surface area contributed by atoms with Crippen LogP contribution in [0.15, 0.2) is 52.4 Å². The van der Waals surface area contributed by atoms with Gasteiger partial charge in [-0.05, 0) is 63.2 Å². The predicted octanol–water partition coefficient (Wildman–Crippen LogP) is 3.40. The number of thiazole rings is 1. The van der Waals surface area contributed by atoms with Gasteiger partial charge >= 0.3 is 0 Å². The van der Waals surface area contributed by atoms with E-state index in [0.29, 0.717) is 16.0 Å². The van der Waals surface area contributed by atoms with E-state index in [0.717, 1.165) is 5.52 Å². The van der Waals surface area contributed by atoms with Gasteiger partial charge in [-0.25, -0.2) is 12.8 Å². The number of hydrogen-bond acceptors (Lipinski definition) is 5. The fourth-order valence-corrected chi connectivity index (χ4v) is 6.54. The van der Waals surface area contributed by atoms with Crippen molar-refractivity contribution in [1.82, 2.24) is 8.87 Å². The highest BCUT2D eigenvalue weighted by molar-refractivity contribution is 7.89. The number of benzene rings is 2. The Balaban J connectivity index is 1.62. The van der Waals surface area contributed by atoms with E-state index in [2.05, 4.69) is 4.99 Å². The van der Waals surface area contributed by atoms with E-state index in [-0.39, 0.29) is 41.6 Å². The summed E-state index contributed by atoms with van der Waals surface area (Å²) < 4.78 is 49.1. The lowest BCUT2D eigenvalue weighted by Gasteiger charge is -2.34. The molecule has 0 radical (unpaired) electrons. The summed E-state index contributed by atoms with van der Waals surface area (Å²) in [4.78, 5) is 17.5. The molecule has 0 saturated carbocycles. The third-order valence-electron chi connectivity index (χ3n) is 5.28. The van der Waals surface area contributed by atoms with E-state index < -0.39 is 15.9 Å². The van der Waals surface area contributed by atoms with Gasteiger partial charge in [0.2, 0.25) is 10.0 Å². The van der Waals surface area contributed by atoms with Crippen molar-refractivity contribution in [3.05, 3.63) is 58.6 Å². The highest BCUT2D eigenvalue weighted by Crippen LogP contribution is 2.22. The van der Waals surface area contributed by atoms with E-state index in [4.69, 9.17) is 4.74 Å². The molecule has 2 atom stereocenters. The SMILES string of the molecule is CCn1c(=NC(=O)c2ccc(S(=O)(=O)N3C[C@H](C)O[C@@H](C)C3)cc2)sc2cc(F)ccc21. The maximum Gasteiger partial charge on any atom is 0.279 e. The van der Waals surface area contributed by atoms with Crippen LogP contribution in [0.25, 0.3) is 10.2 Å². The molecule has 1 aliphatic heterocycles. The monoisotopic (exact) mass is 477 g/mol. The lowest BCUT2D eigenvalue weighted by atomic mass is 10.2. The lowest BCUT2D eigenvalue weighted by molar-refractivity contribution is -0.0440. The van der Waals surface area contributed by atoms with Gasteiger partial charge in [0.25, 0.3) is 5.91 Å². The summed E-state index contributed by atoms with van der Waals surface area (Å²) in [5, 5.41) is 0. The third kappa shape index (κ3) is 4.40. The molecule has 1 amide bonds. The second kappa shape index (κ2) is 8.86. The van der Waals surface area contributed by atoms with Crippen LogP contribution in [0.3, 0.4) is 0 Å². The fraction of sp³-hybridized carbons (Fsp3) is 0.364. The maximum atomic E-state index is 13.6. The molecule has 0 N–H and O–H groups in total. The highest BCUT2D eigenvalue weighted by atomic mass is 32.2. The first-order valence-corrected chi connectivity index (χ1v) is 12.6. The molecule has 3 aromatic rings. The minimum absolute atomic E-state index is 0.122. The van der Waals surface area contributed by atoms with Crippen LogP contribution in [0.4, 0.5) is 4.39 Å². The second-order valence-electron chi connectivity index (χ2n) is 7.76. The Morgan fingerprint density at radius 3 is 2.44 bits per heavy atom. The maximum absolute atomic E-state index is 13.6. The summed E-state index contributed by atoms with van der Waals surface area (Å²) in [5.74, 6) is -0.836. The summed E-state index contributed by atoms with van der Waals surface area (Å²) in [5.41, 5.74) is 1.08. The molecular formula is C22H24FN3O4S2. The van der Waals surface area contributed by atoms with E-state index >= 15 is 0 Å². The first-order valence-electron chi connectivity index (χ1n) is 10.3. The van der Waals surface area contributed by atoms with Crippen LogP contribution in [0, 0.1) is 5.82 Å². The Kier molecular flexibility index (Phi) is 6.30. The zero-order valence-corrected chi connectivity index (χ0v) is 19.6. The Morgan fingerprint density at radius 1 is 1.16 bits per heavy atom. The second-order valence-corrected chi connectivity index (χ2v) is 10.7. The summed E-state index contributed by atoms with van der Waals surface area (Å²) >= 11 is 1.23. The predicted molar refractivity (Wildman–Crippen MR) is 121 cm³/mol. The molecule has 1 fully saturated rings. The molecule has 4 rings (SSSR count). The average molecular weight is 478 g/mol. The number of aromatic nitrogens is 1. The number of carbonyl (C=O) groups excluding carboxylic acids is 1. The molecule has 2 heterocycles. The molecular weight excluding hydrogens is 453 g/mol. The molecule has 7 nitrogen and oxygen atoms in total. The van der Waals surface area contributed by atoms with Crippen molar-refractivity contribution in [2.75, 3.05) is 13.1 Å². The topological polar surface area (TPSA) is 81.0 Å². The van der Waals surface area contributed by atoms with Crippen molar-refractivity contribution >= 4 is 37.5 Å². The quantitative estimate of drug-likeness (QED) is 0.577. The van der Waals surface area contributed by atoms with Crippen LogP contribution in [0.2, 0.25) is 0 Å². The zero-order valence-electron chi connectivity index (χ0n) is 18.0. The molecule has 10 heteroatoms. The molecule has 0 spiro atoms. The van der Waals surface area contributed by atoms with Crippen molar-refractivity contribution in [2.24, 2.45) is 4.99 Å². The van der Waals surface area contributed by atoms with E-state index in [1.54, 1.807) is 6.07 Å². The largest absolute Gasteiger partial charge is 0.373 e. The van der Waals surface area contributed by atoms with E-state index in [1.165, 1.54) is 52.0 Å². The Hall–Kier alpha value is -2.40. The minimum atomic E-state index is -3.69. The summed E-state index contributed by atoms with van der Waals surface area (Å²) in [6.07, 6.45) is -0.374. The molecule has 0 bridgehead atoms. The number of ether oxygens (including phenoxy) is 1. The van der Waals surface area contributed by atoms with Gasteiger partial charge in [0.15, 0.2) is 4.80 Å². The number of fused-ring (bicyclic) bond motifs is 1. The van der Waals surface area contributed by atoms with E-state index in [9.17, 15) is 17.6 Å². The molecule has 2 aromatic carbocycles. The van der Waals surface area contributed by atoms with Crippen molar-refractivity contribution in [1.29, 1.82) is 0 Å². The molecule has 170 valence electrons. The summed E-state index contributed by atoms with van der Waals surface area (Å²) in [6, 6.07) is 10.3. The highest BCUT2D eigenvalue weighted by Gasteiger charge is 2.32. The first-order chi connectivity index (χ1) is 15.2. The van der Waals surface area contributed by atoms with Crippen LogP contribution < -0.4 is 4.80 Å². The Labute approximate surface area is 189 Å². The van der Waals surface area contributed by atoms with E-state index in [1.807, 2.05) is 25.3 Å². The van der Waals surface area contributed by atoms with Crippen LogP contribution in [0.5, 0.6) is 0 Å². The summed E-state index contributed by atoms with van der Waals surface area (Å²) in [6.45, 7) is 6.74. The number of amides is 1. The molecule has 0 aliphatic carbocycles. The van der Waals surface area contributed by atoms with Crippen LogP contribution in [-0.2, 0) is 21.3 Å². The van der Waals surface area contributed by atoms with Gasteiger partial charge in [-0.15, -0.1) is 0 Å². The number of aryl methyl sites for hydroxylation is 1. The molecule has 1 aromatic heterocycles.